The molecule has 2 aromatic heterocycles. The summed E-state index contributed by atoms with van der Waals surface area (Å²) < 4.78 is 51.9. The maximum Gasteiger partial charge on any atom is 0.445 e. The molecule has 0 amide bonds. The Hall–Kier alpha value is -3.20. The van der Waals surface area contributed by atoms with Gasteiger partial charge in [0.15, 0.2) is 0 Å². The van der Waals surface area contributed by atoms with Crippen LogP contribution in [0.15, 0.2) is 24.3 Å². The van der Waals surface area contributed by atoms with Crippen LogP contribution in [-0.4, -0.2) is 26.5 Å². The van der Waals surface area contributed by atoms with E-state index in [4.69, 9.17) is 5.73 Å². The van der Waals surface area contributed by atoms with Crippen molar-refractivity contribution in [3.05, 3.63) is 46.3 Å². The van der Waals surface area contributed by atoms with Crippen LogP contribution >= 0.6 is 11.3 Å². The third-order valence-corrected chi connectivity index (χ3v) is 4.64. The smallest absolute Gasteiger partial charge is 0.382 e. The zero-order chi connectivity index (χ0) is 20.3. The van der Waals surface area contributed by atoms with Gasteiger partial charge in [-0.2, -0.15) is 23.5 Å². The fourth-order valence-corrected chi connectivity index (χ4v) is 3.05. The van der Waals surface area contributed by atoms with Gasteiger partial charge in [0.05, 0.1) is 11.4 Å². The summed E-state index contributed by atoms with van der Waals surface area (Å²) >= 11 is 0.418. The Balaban J connectivity index is 1.64. The van der Waals surface area contributed by atoms with Gasteiger partial charge in [0.2, 0.25) is 10.1 Å². The Morgan fingerprint density at radius 3 is 2.54 bits per heavy atom. The topological polar surface area (TPSA) is 105 Å². The largest absolute Gasteiger partial charge is 0.445 e. The molecule has 0 fully saturated rings. The molecule has 2 heterocycles. The first-order valence-electron chi connectivity index (χ1n) is 7.97. The summed E-state index contributed by atoms with van der Waals surface area (Å²) in [7, 11) is 0. The van der Waals surface area contributed by atoms with Crippen LogP contribution in [0, 0.1) is 17.1 Å². The van der Waals surface area contributed by atoms with Gasteiger partial charge in [0.25, 0.3) is 0 Å². The molecular weight excluding hydrogens is 398 g/mol. The van der Waals surface area contributed by atoms with Crippen molar-refractivity contribution in [1.82, 2.24) is 20.0 Å². The van der Waals surface area contributed by atoms with Gasteiger partial charge < -0.3 is 11.1 Å². The number of nitrogens with one attached hydrogen (secondary N) is 1. The van der Waals surface area contributed by atoms with Crippen molar-refractivity contribution in [2.45, 2.75) is 19.0 Å². The molecule has 0 bridgehead atoms. The maximum atomic E-state index is 13.1. The first kappa shape index (κ1) is 19.6. The third-order valence-electron chi connectivity index (χ3n) is 3.71. The van der Waals surface area contributed by atoms with Crippen LogP contribution in [0.2, 0.25) is 0 Å². The monoisotopic (exact) mass is 411 g/mol. The van der Waals surface area contributed by atoms with Crippen molar-refractivity contribution in [3.63, 3.8) is 0 Å². The average molecular weight is 411 g/mol. The Labute approximate surface area is 160 Å². The third kappa shape index (κ3) is 4.20. The molecule has 7 nitrogen and oxygen atoms in total. The Morgan fingerprint density at radius 1 is 1.21 bits per heavy atom. The predicted molar refractivity (Wildman–Crippen MR) is 94.4 cm³/mol. The highest BCUT2D eigenvalue weighted by molar-refractivity contribution is 7.15. The Bertz CT molecular complexity index is 1000. The van der Waals surface area contributed by atoms with Gasteiger partial charge in [0, 0.05) is 6.54 Å². The van der Waals surface area contributed by atoms with Crippen molar-refractivity contribution < 1.29 is 17.6 Å². The lowest BCUT2D eigenvalue weighted by Crippen LogP contribution is -2.04. The van der Waals surface area contributed by atoms with E-state index in [-0.39, 0.29) is 16.5 Å². The minimum atomic E-state index is -4.52. The molecule has 0 aliphatic rings. The lowest BCUT2D eigenvalue weighted by Gasteiger charge is -2.03. The van der Waals surface area contributed by atoms with Crippen molar-refractivity contribution in [1.29, 1.82) is 5.26 Å². The second kappa shape index (κ2) is 7.81. The molecule has 12 heteroatoms. The molecule has 3 rings (SSSR count). The molecule has 0 saturated carbocycles. The van der Waals surface area contributed by atoms with Gasteiger partial charge in [-0.15, -0.1) is 10.2 Å². The molecule has 3 aromatic rings. The number of nitriles is 1. The molecule has 0 unspecified atom stereocenters. The van der Waals surface area contributed by atoms with Crippen molar-refractivity contribution >= 4 is 22.3 Å². The second-order valence-corrected chi connectivity index (χ2v) is 6.62. The molecule has 0 aliphatic heterocycles. The zero-order valence-corrected chi connectivity index (χ0v) is 15.0. The highest BCUT2D eigenvalue weighted by Gasteiger charge is 2.35. The number of halogens is 4. The van der Waals surface area contributed by atoms with Crippen LogP contribution in [-0.2, 0) is 12.6 Å². The van der Waals surface area contributed by atoms with Crippen LogP contribution in [0.4, 0.5) is 28.5 Å². The molecule has 0 spiro atoms. The summed E-state index contributed by atoms with van der Waals surface area (Å²) in [5.74, 6) is -0.275. The molecule has 0 aliphatic carbocycles. The molecular formula is C16H13F4N7S. The number of aryl methyl sites for hydroxylation is 1. The lowest BCUT2D eigenvalue weighted by molar-refractivity contribution is -0.138. The van der Waals surface area contributed by atoms with Gasteiger partial charge in [-0.25, -0.2) is 9.07 Å². The SMILES string of the molecule is N#Cc1c(CCCNc2nnc(C(F)(F)F)s2)nn(-c2ccc(F)cc2)c1N. The number of hydrogen-bond donors (Lipinski definition) is 2. The van der Waals surface area contributed by atoms with Crippen LogP contribution in [0.3, 0.4) is 0 Å². The molecule has 0 radical (unpaired) electrons. The summed E-state index contributed by atoms with van der Waals surface area (Å²) in [6.45, 7) is 0.306. The predicted octanol–water partition coefficient (Wildman–Crippen LogP) is 3.38. The van der Waals surface area contributed by atoms with E-state index in [9.17, 15) is 22.8 Å². The van der Waals surface area contributed by atoms with Crippen molar-refractivity contribution in [2.24, 2.45) is 0 Å². The fourth-order valence-electron chi connectivity index (χ4n) is 2.41. The highest BCUT2D eigenvalue weighted by Crippen LogP contribution is 2.33. The minimum absolute atomic E-state index is 0.0594. The van der Waals surface area contributed by atoms with Crippen LogP contribution < -0.4 is 11.1 Å². The number of benzene rings is 1. The Morgan fingerprint density at radius 2 is 1.93 bits per heavy atom. The zero-order valence-electron chi connectivity index (χ0n) is 14.2. The number of nitrogens with two attached hydrogens (primary N) is 1. The van der Waals surface area contributed by atoms with Gasteiger partial charge >= 0.3 is 6.18 Å². The lowest BCUT2D eigenvalue weighted by atomic mass is 10.1. The first-order valence-corrected chi connectivity index (χ1v) is 8.79. The summed E-state index contributed by atoms with van der Waals surface area (Å²) in [6.07, 6.45) is -3.70. The molecule has 0 saturated heterocycles. The Kier molecular flexibility index (Phi) is 5.46. The molecule has 0 atom stereocenters. The van der Waals surface area contributed by atoms with Crippen LogP contribution in [0.5, 0.6) is 0 Å². The molecule has 28 heavy (non-hydrogen) atoms. The van der Waals surface area contributed by atoms with Gasteiger partial charge in [0.1, 0.15) is 23.3 Å². The number of nitrogens with zero attached hydrogens (tertiary/aromatic N) is 5. The second-order valence-electron chi connectivity index (χ2n) is 5.65. The van der Waals surface area contributed by atoms with E-state index in [0.717, 1.165) is 0 Å². The van der Waals surface area contributed by atoms with E-state index < -0.39 is 17.0 Å². The van der Waals surface area contributed by atoms with Gasteiger partial charge in [-0.1, -0.05) is 11.3 Å². The van der Waals surface area contributed by atoms with E-state index in [1.54, 1.807) is 0 Å². The molecule has 1 aromatic carbocycles. The summed E-state index contributed by atoms with van der Waals surface area (Å²) in [6, 6.07) is 7.47. The molecule has 146 valence electrons. The first-order chi connectivity index (χ1) is 13.3. The van der Waals surface area contributed by atoms with Gasteiger partial charge in [-0.05, 0) is 37.1 Å². The fraction of sp³-hybridized carbons (Fsp3) is 0.250. The maximum absolute atomic E-state index is 13.1. The van der Waals surface area contributed by atoms with Crippen molar-refractivity contribution in [2.75, 3.05) is 17.6 Å². The van der Waals surface area contributed by atoms with E-state index in [1.165, 1.54) is 28.9 Å². The standard InChI is InChI=1S/C16H13F4N7S/c17-9-3-5-10(6-4-9)27-13(22)11(8-21)12(26-27)2-1-7-23-15-25-24-14(28-15)16(18,19)20/h3-6H,1-2,7,22H2,(H,23,25). The minimum Gasteiger partial charge on any atom is -0.382 e. The summed E-state index contributed by atoms with van der Waals surface area (Å²) in [4.78, 5) is 0. The van der Waals surface area contributed by atoms with E-state index >= 15 is 0 Å². The van der Waals surface area contributed by atoms with E-state index in [0.29, 0.717) is 42.1 Å². The number of rotatable bonds is 6. The van der Waals surface area contributed by atoms with E-state index in [1.807, 2.05) is 6.07 Å². The number of hydrogen-bond acceptors (Lipinski definition) is 7. The summed E-state index contributed by atoms with van der Waals surface area (Å²) in [5, 5.41) is 22.0. The number of alkyl halides is 3. The summed E-state index contributed by atoms with van der Waals surface area (Å²) in [5.41, 5.74) is 7.13. The van der Waals surface area contributed by atoms with E-state index in [2.05, 4.69) is 20.6 Å². The van der Waals surface area contributed by atoms with Gasteiger partial charge in [-0.3, -0.25) is 0 Å². The van der Waals surface area contributed by atoms with Crippen LogP contribution in [0.1, 0.15) is 22.7 Å². The van der Waals surface area contributed by atoms with Crippen molar-refractivity contribution in [3.8, 4) is 11.8 Å². The number of aromatic nitrogens is 4. The normalized spacial score (nSPS) is 11.4. The molecule has 3 N–H and O–H groups in total. The average Bonchev–Trinajstić information content (AvgIpc) is 3.24. The number of anilines is 2. The van der Waals surface area contributed by atoms with Crippen LogP contribution in [0.25, 0.3) is 5.69 Å². The highest BCUT2D eigenvalue weighted by atomic mass is 32.1. The quantitative estimate of drug-likeness (QED) is 0.476. The number of nitrogen functional groups attached to an aromatic ring is 1.